The minimum absolute atomic E-state index is 0.0228. The van der Waals surface area contributed by atoms with Crippen LogP contribution in [0.15, 0.2) is 24.3 Å². The summed E-state index contributed by atoms with van der Waals surface area (Å²) in [4.78, 5) is 12.3. The van der Waals surface area contributed by atoms with E-state index in [9.17, 15) is 10.1 Å². The van der Waals surface area contributed by atoms with Crippen LogP contribution in [0.4, 0.5) is 0 Å². The lowest BCUT2D eigenvalue weighted by Crippen LogP contribution is -2.54. The van der Waals surface area contributed by atoms with E-state index in [1.165, 1.54) is 0 Å². The smallest absolute Gasteiger partial charge is 0.238 e. The second kappa shape index (κ2) is 7.62. The van der Waals surface area contributed by atoms with Crippen LogP contribution in [-0.2, 0) is 4.79 Å². The first-order valence-electron chi connectivity index (χ1n) is 7.45. The van der Waals surface area contributed by atoms with Gasteiger partial charge in [0, 0.05) is 11.1 Å². The second-order valence-corrected chi connectivity index (χ2v) is 6.50. The molecule has 0 aromatic heterocycles. The topological polar surface area (TPSA) is 64.9 Å². The quantitative estimate of drug-likeness (QED) is 0.843. The fourth-order valence-electron chi connectivity index (χ4n) is 2.03. The van der Waals surface area contributed by atoms with Crippen LogP contribution in [0.25, 0.3) is 0 Å². The van der Waals surface area contributed by atoms with Gasteiger partial charge in [0.2, 0.25) is 5.91 Å². The standard InChI is InChI=1S/C17H24ClN3O/c1-11(2)17(5,10-19)21-16(22)13(4)20-12(3)14-8-6-7-9-15(14)18/h6-9,11-13,20H,1-5H3,(H,21,22)/t12-,13-,17-/m0/s1. The van der Waals surface area contributed by atoms with Gasteiger partial charge in [-0.05, 0) is 38.3 Å². The number of nitrogens with one attached hydrogen (secondary N) is 2. The van der Waals surface area contributed by atoms with Crippen LogP contribution < -0.4 is 10.6 Å². The summed E-state index contributed by atoms with van der Waals surface area (Å²) in [6.07, 6.45) is 0. The molecule has 0 saturated heterocycles. The van der Waals surface area contributed by atoms with Crippen molar-refractivity contribution >= 4 is 17.5 Å². The first-order valence-corrected chi connectivity index (χ1v) is 7.82. The van der Waals surface area contributed by atoms with E-state index in [1.807, 2.05) is 45.0 Å². The predicted molar refractivity (Wildman–Crippen MR) is 89.5 cm³/mol. The molecule has 3 atom stereocenters. The largest absolute Gasteiger partial charge is 0.336 e. The molecule has 0 aliphatic rings. The van der Waals surface area contributed by atoms with Gasteiger partial charge in [-0.2, -0.15) is 5.26 Å². The van der Waals surface area contributed by atoms with Crippen LogP contribution >= 0.6 is 11.6 Å². The summed E-state index contributed by atoms with van der Waals surface area (Å²) in [5, 5.41) is 16.0. The maximum Gasteiger partial charge on any atom is 0.238 e. The average Bonchev–Trinajstić information content (AvgIpc) is 2.46. The molecule has 22 heavy (non-hydrogen) atoms. The highest BCUT2D eigenvalue weighted by atomic mass is 35.5. The summed E-state index contributed by atoms with van der Waals surface area (Å²) in [7, 11) is 0. The van der Waals surface area contributed by atoms with Crippen molar-refractivity contribution in [1.82, 2.24) is 10.6 Å². The molecule has 1 amide bonds. The van der Waals surface area contributed by atoms with Gasteiger partial charge in [0.05, 0.1) is 12.1 Å². The highest BCUT2D eigenvalue weighted by Gasteiger charge is 2.31. The van der Waals surface area contributed by atoms with E-state index in [4.69, 9.17) is 11.6 Å². The fourth-order valence-corrected chi connectivity index (χ4v) is 2.33. The van der Waals surface area contributed by atoms with Crippen molar-refractivity contribution in [2.45, 2.75) is 52.2 Å². The number of carbonyl (C=O) groups excluding carboxylic acids is 1. The number of carbonyl (C=O) groups is 1. The number of hydrogen-bond acceptors (Lipinski definition) is 3. The Morgan fingerprint density at radius 1 is 1.27 bits per heavy atom. The fraction of sp³-hybridized carbons (Fsp3) is 0.529. The Kier molecular flexibility index (Phi) is 6.40. The minimum atomic E-state index is -0.874. The molecule has 4 nitrogen and oxygen atoms in total. The molecule has 5 heteroatoms. The highest BCUT2D eigenvalue weighted by Crippen LogP contribution is 2.22. The lowest BCUT2D eigenvalue weighted by atomic mass is 9.90. The highest BCUT2D eigenvalue weighted by molar-refractivity contribution is 6.31. The third-order valence-corrected chi connectivity index (χ3v) is 4.38. The number of nitriles is 1. The van der Waals surface area contributed by atoms with E-state index >= 15 is 0 Å². The number of rotatable bonds is 6. The average molecular weight is 322 g/mol. The maximum atomic E-state index is 12.3. The Balaban J connectivity index is 2.73. The lowest BCUT2D eigenvalue weighted by molar-refractivity contribution is -0.124. The van der Waals surface area contributed by atoms with Gasteiger partial charge in [-0.25, -0.2) is 0 Å². The first kappa shape index (κ1) is 18.5. The molecule has 0 heterocycles. The number of amides is 1. The zero-order valence-electron chi connectivity index (χ0n) is 13.8. The molecule has 0 unspecified atom stereocenters. The van der Waals surface area contributed by atoms with E-state index in [0.29, 0.717) is 5.02 Å². The third kappa shape index (κ3) is 4.46. The third-order valence-electron chi connectivity index (χ3n) is 4.03. The second-order valence-electron chi connectivity index (χ2n) is 6.09. The number of hydrogen-bond donors (Lipinski definition) is 2. The van der Waals surface area contributed by atoms with E-state index in [0.717, 1.165) is 5.56 Å². The van der Waals surface area contributed by atoms with Gasteiger partial charge >= 0.3 is 0 Å². The number of benzene rings is 1. The van der Waals surface area contributed by atoms with Gasteiger partial charge in [0.1, 0.15) is 5.54 Å². The molecule has 0 radical (unpaired) electrons. The molecular weight excluding hydrogens is 298 g/mol. The van der Waals surface area contributed by atoms with Crippen molar-refractivity contribution in [1.29, 1.82) is 5.26 Å². The SMILES string of the molecule is CC(C)[C@](C)(C#N)NC(=O)[C@H](C)N[C@@H](C)c1ccccc1Cl. The summed E-state index contributed by atoms with van der Waals surface area (Å²) < 4.78 is 0. The Bertz CT molecular complexity index is 567. The summed E-state index contributed by atoms with van der Waals surface area (Å²) in [6.45, 7) is 9.29. The molecule has 0 fully saturated rings. The van der Waals surface area contributed by atoms with E-state index < -0.39 is 11.6 Å². The zero-order valence-corrected chi connectivity index (χ0v) is 14.5. The Hall–Kier alpha value is -1.57. The maximum absolute atomic E-state index is 12.3. The Morgan fingerprint density at radius 3 is 2.36 bits per heavy atom. The zero-order chi connectivity index (χ0) is 16.9. The predicted octanol–water partition coefficient (Wildman–Crippen LogP) is 3.43. The van der Waals surface area contributed by atoms with Crippen LogP contribution in [0.5, 0.6) is 0 Å². The summed E-state index contributed by atoms with van der Waals surface area (Å²) in [5.41, 5.74) is 0.0661. The monoisotopic (exact) mass is 321 g/mol. The molecule has 0 saturated carbocycles. The molecular formula is C17H24ClN3O. The van der Waals surface area contributed by atoms with Gasteiger partial charge < -0.3 is 5.32 Å². The summed E-state index contributed by atoms with van der Waals surface area (Å²) >= 11 is 6.17. The molecule has 0 aliphatic carbocycles. The van der Waals surface area contributed by atoms with Crippen LogP contribution in [0.3, 0.4) is 0 Å². The van der Waals surface area contributed by atoms with Crippen molar-refractivity contribution < 1.29 is 4.79 Å². The molecule has 0 spiro atoms. The Morgan fingerprint density at radius 2 is 1.86 bits per heavy atom. The number of halogens is 1. The van der Waals surface area contributed by atoms with Crippen molar-refractivity contribution in [2.24, 2.45) is 5.92 Å². The van der Waals surface area contributed by atoms with E-state index in [-0.39, 0.29) is 17.9 Å². The molecule has 1 aromatic carbocycles. The normalized spacial score (nSPS) is 16.5. The Labute approximate surface area is 137 Å². The first-order chi connectivity index (χ1) is 10.2. The lowest BCUT2D eigenvalue weighted by Gasteiger charge is -2.30. The van der Waals surface area contributed by atoms with Crippen LogP contribution in [0.1, 0.15) is 46.2 Å². The molecule has 2 N–H and O–H groups in total. The van der Waals surface area contributed by atoms with Crippen LogP contribution in [0, 0.1) is 17.2 Å². The van der Waals surface area contributed by atoms with Gasteiger partial charge in [-0.1, -0.05) is 43.6 Å². The van der Waals surface area contributed by atoms with Gasteiger partial charge in [-0.15, -0.1) is 0 Å². The van der Waals surface area contributed by atoms with Crippen molar-refractivity contribution in [3.05, 3.63) is 34.9 Å². The van der Waals surface area contributed by atoms with Crippen LogP contribution in [0.2, 0.25) is 5.02 Å². The summed E-state index contributed by atoms with van der Waals surface area (Å²) in [5.74, 6) is -0.175. The van der Waals surface area contributed by atoms with Gasteiger partial charge in [0.15, 0.2) is 0 Å². The molecule has 0 bridgehead atoms. The molecule has 1 aromatic rings. The van der Waals surface area contributed by atoms with Crippen molar-refractivity contribution in [3.8, 4) is 6.07 Å². The molecule has 120 valence electrons. The van der Waals surface area contributed by atoms with Gasteiger partial charge in [0.25, 0.3) is 0 Å². The van der Waals surface area contributed by atoms with Crippen molar-refractivity contribution in [2.75, 3.05) is 0 Å². The molecule has 0 aliphatic heterocycles. The number of nitrogens with zero attached hydrogens (tertiary/aromatic N) is 1. The van der Waals surface area contributed by atoms with E-state index in [1.54, 1.807) is 13.8 Å². The van der Waals surface area contributed by atoms with Gasteiger partial charge in [-0.3, -0.25) is 10.1 Å². The molecule has 1 rings (SSSR count). The minimum Gasteiger partial charge on any atom is -0.336 e. The van der Waals surface area contributed by atoms with Crippen molar-refractivity contribution in [3.63, 3.8) is 0 Å². The van der Waals surface area contributed by atoms with Crippen LogP contribution in [-0.4, -0.2) is 17.5 Å². The van der Waals surface area contributed by atoms with E-state index in [2.05, 4.69) is 16.7 Å². The summed E-state index contributed by atoms with van der Waals surface area (Å²) in [6, 6.07) is 9.21.